The lowest BCUT2D eigenvalue weighted by Crippen LogP contribution is -2.38. The largest absolute Gasteiger partial charge is 0.494 e. The van der Waals surface area contributed by atoms with E-state index in [1.165, 1.54) is 17.9 Å². The molecule has 0 aliphatic carbocycles. The maximum absolute atomic E-state index is 13.4. The second-order valence-corrected chi connectivity index (χ2v) is 7.00. The van der Waals surface area contributed by atoms with Crippen LogP contribution >= 0.6 is 0 Å². The van der Waals surface area contributed by atoms with Crippen LogP contribution in [0.2, 0.25) is 0 Å². The number of ether oxygens (including phenoxy) is 1. The van der Waals surface area contributed by atoms with Crippen molar-refractivity contribution in [2.45, 2.75) is 26.3 Å². The van der Waals surface area contributed by atoms with Gasteiger partial charge < -0.3 is 9.64 Å². The highest BCUT2D eigenvalue weighted by Gasteiger charge is 2.34. The zero-order valence-corrected chi connectivity index (χ0v) is 16.0. The third kappa shape index (κ3) is 2.97. The maximum Gasteiger partial charge on any atom is 0.282 e. The third-order valence-electron chi connectivity index (χ3n) is 5.02. The second-order valence-electron chi connectivity index (χ2n) is 7.00. The van der Waals surface area contributed by atoms with Gasteiger partial charge in [0.25, 0.3) is 11.5 Å². The molecule has 1 aliphatic heterocycles. The summed E-state index contributed by atoms with van der Waals surface area (Å²) < 4.78 is 6.55. The van der Waals surface area contributed by atoms with Crippen LogP contribution in [0.3, 0.4) is 0 Å². The lowest BCUT2D eigenvalue weighted by molar-refractivity contribution is 0.0971. The van der Waals surface area contributed by atoms with Crippen molar-refractivity contribution < 1.29 is 9.53 Å². The van der Waals surface area contributed by atoms with Crippen molar-refractivity contribution in [1.82, 2.24) is 9.78 Å². The maximum atomic E-state index is 13.4. The van der Waals surface area contributed by atoms with Gasteiger partial charge in [0, 0.05) is 11.7 Å². The van der Waals surface area contributed by atoms with Gasteiger partial charge in [0.2, 0.25) is 0 Å². The topological polar surface area (TPSA) is 64.4 Å². The number of hydrogen-bond donors (Lipinski definition) is 0. The number of aromatic nitrogens is 2. The Kier molecular flexibility index (Phi) is 4.47. The number of fused-ring (bicyclic) bond motifs is 1. The molecule has 6 nitrogen and oxygen atoms in total. The lowest BCUT2D eigenvalue weighted by Gasteiger charge is -2.23. The number of methoxy groups -OCH3 is 1. The minimum atomic E-state index is -0.355. The minimum absolute atomic E-state index is 0.00356. The molecular weight excluding hydrogens is 354 g/mol. The summed E-state index contributed by atoms with van der Waals surface area (Å²) in [5.41, 5.74) is 3.43. The van der Waals surface area contributed by atoms with E-state index in [1.54, 1.807) is 17.0 Å². The molecule has 1 atom stereocenters. The van der Waals surface area contributed by atoms with Crippen molar-refractivity contribution in [3.05, 3.63) is 81.8 Å². The van der Waals surface area contributed by atoms with Crippen LogP contribution in [0.1, 0.15) is 28.5 Å². The van der Waals surface area contributed by atoms with Crippen molar-refractivity contribution >= 4 is 11.6 Å². The van der Waals surface area contributed by atoms with Gasteiger partial charge in [0.15, 0.2) is 11.4 Å². The number of hydrogen-bond acceptors (Lipinski definition) is 4. The quantitative estimate of drug-likeness (QED) is 0.705. The zero-order chi connectivity index (χ0) is 19.8. The number of carbonyl (C=O) groups excluding carboxylic acids is 1. The highest BCUT2D eigenvalue weighted by atomic mass is 16.5. The van der Waals surface area contributed by atoms with Crippen LogP contribution in [0, 0.1) is 6.92 Å². The first-order chi connectivity index (χ1) is 13.5. The fourth-order valence-corrected chi connectivity index (χ4v) is 3.60. The van der Waals surface area contributed by atoms with Crippen LogP contribution in [0.4, 0.5) is 5.69 Å². The molecule has 1 amide bonds. The number of benzene rings is 2. The van der Waals surface area contributed by atoms with Crippen LogP contribution in [0.5, 0.6) is 5.75 Å². The second kappa shape index (κ2) is 6.96. The van der Waals surface area contributed by atoms with Gasteiger partial charge in [-0.05, 0) is 44.0 Å². The Labute approximate surface area is 163 Å². The van der Waals surface area contributed by atoms with Crippen LogP contribution in [0.25, 0.3) is 5.69 Å². The van der Waals surface area contributed by atoms with Gasteiger partial charge in [-0.1, -0.05) is 35.9 Å². The molecule has 142 valence electrons. The van der Waals surface area contributed by atoms with Gasteiger partial charge in [-0.3, -0.25) is 9.59 Å². The smallest absolute Gasteiger partial charge is 0.282 e. The summed E-state index contributed by atoms with van der Waals surface area (Å²) in [5, 5.41) is 4.38. The molecule has 0 N–H and O–H groups in total. The molecule has 1 aromatic heterocycles. The summed E-state index contributed by atoms with van der Waals surface area (Å²) in [7, 11) is 1.44. The normalized spacial score (nSPS) is 15.4. The molecule has 1 unspecified atom stereocenters. The molecule has 28 heavy (non-hydrogen) atoms. The number of anilines is 1. The summed E-state index contributed by atoms with van der Waals surface area (Å²) in [6.07, 6.45) is 0.780. The average Bonchev–Trinajstić information content (AvgIpc) is 3.03. The van der Waals surface area contributed by atoms with Crippen molar-refractivity contribution in [2.24, 2.45) is 0 Å². The Hall–Kier alpha value is -3.41. The number of para-hydroxylation sites is 1. The molecule has 0 bridgehead atoms. The van der Waals surface area contributed by atoms with E-state index >= 15 is 0 Å². The highest BCUT2D eigenvalue weighted by Crippen LogP contribution is 2.33. The Morgan fingerprint density at radius 1 is 1.14 bits per heavy atom. The van der Waals surface area contributed by atoms with Gasteiger partial charge in [-0.25, -0.2) is 0 Å². The summed E-state index contributed by atoms with van der Waals surface area (Å²) in [4.78, 5) is 27.7. The fourth-order valence-electron chi connectivity index (χ4n) is 3.60. The molecule has 2 heterocycles. The van der Waals surface area contributed by atoms with Crippen molar-refractivity contribution in [2.75, 3.05) is 12.0 Å². The van der Waals surface area contributed by atoms with E-state index in [0.717, 1.165) is 23.2 Å². The molecule has 0 fully saturated rings. The first-order valence-electron chi connectivity index (χ1n) is 9.16. The van der Waals surface area contributed by atoms with Gasteiger partial charge in [0.05, 0.1) is 18.9 Å². The fraction of sp³-hybridized carbons (Fsp3) is 0.227. The molecule has 0 saturated heterocycles. The van der Waals surface area contributed by atoms with E-state index in [9.17, 15) is 9.59 Å². The first-order valence-corrected chi connectivity index (χ1v) is 9.16. The first kappa shape index (κ1) is 18.0. The summed E-state index contributed by atoms with van der Waals surface area (Å²) >= 11 is 0. The molecule has 0 spiro atoms. The Morgan fingerprint density at radius 2 is 1.86 bits per heavy atom. The SMILES string of the molecule is COc1cc(=O)n(-c2ccc(C)cc2)nc1C(=O)N1c2ccccc2CC1C. The number of carbonyl (C=O) groups is 1. The van der Waals surface area contributed by atoms with Crippen molar-refractivity contribution in [3.63, 3.8) is 0 Å². The molecule has 2 aromatic carbocycles. The lowest BCUT2D eigenvalue weighted by atomic mass is 10.1. The standard InChI is InChI=1S/C22H21N3O3/c1-14-8-10-17(11-9-14)25-20(26)13-19(28-3)21(23-25)22(27)24-15(2)12-16-6-4-5-7-18(16)24/h4-11,13,15H,12H2,1-3H3. The number of aryl methyl sites for hydroxylation is 1. The van der Waals surface area contributed by atoms with Crippen LogP contribution < -0.4 is 15.2 Å². The molecule has 1 aliphatic rings. The van der Waals surface area contributed by atoms with E-state index in [0.29, 0.717) is 5.69 Å². The number of amides is 1. The average molecular weight is 375 g/mol. The Morgan fingerprint density at radius 3 is 2.57 bits per heavy atom. The monoisotopic (exact) mass is 375 g/mol. The molecular formula is C22H21N3O3. The number of rotatable bonds is 3. The van der Waals surface area contributed by atoms with Crippen LogP contribution in [-0.4, -0.2) is 28.8 Å². The summed E-state index contributed by atoms with van der Waals surface area (Å²) in [5.74, 6) is -0.106. The zero-order valence-electron chi connectivity index (χ0n) is 16.0. The predicted octanol–water partition coefficient (Wildman–Crippen LogP) is 3.14. The summed E-state index contributed by atoms with van der Waals surface area (Å²) in [6.45, 7) is 3.97. The Bertz CT molecular complexity index is 1100. The van der Waals surface area contributed by atoms with Crippen molar-refractivity contribution in [1.29, 1.82) is 0 Å². The minimum Gasteiger partial charge on any atom is -0.494 e. The van der Waals surface area contributed by atoms with Crippen LogP contribution in [0.15, 0.2) is 59.4 Å². The number of nitrogens with zero attached hydrogens (tertiary/aromatic N) is 3. The van der Waals surface area contributed by atoms with Gasteiger partial charge >= 0.3 is 0 Å². The summed E-state index contributed by atoms with van der Waals surface area (Å²) in [6, 6.07) is 16.5. The molecule has 0 radical (unpaired) electrons. The van der Waals surface area contributed by atoms with Gasteiger partial charge in [-0.2, -0.15) is 9.78 Å². The van der Waals surface area contributed by atoms with E-state index in [-0.39, 0.29) is 29.0 Å². The van der Waals surface area contributed by atoms with E-state index in [4.69, 9.17) is 4.74 Å². The van der Waals surface area contributed by atoms with Crippen LogP contribution in [-0.2, 0) is 6.42 Å². The molecule has 0 saturated carbocycles. The molecule has 3 aromatic rings. The van der Waals surface area contributed by atoms with Gasteiger partial charge in [0.1, 0.15) is 0 Å². The highest BCUT2D eigenvalue weighted by molar-refractivity contribution is 6.08. The Balaban J connectivity index is 1.83. The van der Waals surface area contributed by atoms with Crippen molar-refractivity contribution in [3.8, 4) is 11.4 Å². The van der Waals surface area contributed by atoms with E-state index in [2.05, 4.69) is 5.10 Å². The third-order valence-corrected chi connectivity index (χ3v) is 5.02. The van der Waals surface area contributed by atoms with E-state index in [1.807, 2.05) is 50.2 Å². The van der Waals surface area contributed by atoms with E-state index < -0.39 is 0 Å². The molecule has 6 heteroatoms. The predicted molar refractivity (Wildman–Crippen MR) is 108 cm³/mol. The molecule has 4 rings (SSSR count). The van der Waals surface area contributed by atoms with Gasteiger partial charge in [-0.15, -0.1) is 0 Å².